The van der Waals surface area contributed by atoms with E-state index in [1.807, 2.05) is 12.1 Å². The molecule has 20 heavy (non-hydrogen) atoms. The fraction of sp³-hybridized carbons (Fsp3) is 0.333. The van der Waals surface area contributed by atoms with Crippen LogP contribution in [0.1, 0.15) is 40.8 Å². The monoisotopic (exact) mass is 271 g/mol. The standard InChI is InChI=1S/C18H22FN/c1-12-5-7-17(14(3)9-12)11-20-15(4)16-8-6-13(2)18(19)10-16/h5-10,15,20H,11H2,1-4H3. The van der Waals surface area contributed by atoms with Crippen LogP contribution in [0.2, 0.25) is 0 Å². The third-order valence-electron chi connectivity index (χ3n) is 3.79. The second kappa shape index (κ2) is 6.19. The van der Waals surface area contributed by atoms with Gasteiger partial charge in [-0.1, -0.05) is 35.9 Å². The van der Waals surface area contributed by atoms with Crippen LogP contribution in [0.5, 0.6) is 0 Å². The molecule has 0 saturated heterocycles. The van der Waals surface area contributed by atoms with E-state index < -0.39 is 0 Å². The first-order valence-electron chi connectivity index (χ1n) is 7.03. The van der Waals surface area contributed by atoms with E-state index in [1.165, 1.54) is 16.7 Å². The number of rotatable bonds is 4. The molecule has 0 aliphatic heterocycles. The van der Waals surface area contributed by atoms with Crippen LogP contribution in [0.3, 0.4) is 0 Å². The van der Waals surface area contributed by atoms with Gasteiger partial charge >= 0.3 is 0 Å². The van der Waals surface area contributed by atoms with E-state index in [4.69, 9.17) is 0 Å². The third-order valence-corrected chi connectivity index (χ3v) is 3.79. The summed E-state index contributed by atoms with van der Waals surface area (Å²) in [6.45, 7) is 8.87. The van der Waals surface area contributed by atoms with Crippen molar-refractivity contribution in [3.05, 3.63) is 70.0 Å². The van der Waals surface area contributed by atoms with E-state index in [2.05, 4.69) is 44.3 Å². The van der Waals surface area contributed by atoms with Crippen LogP contribution in [-0.4, -0.2) is 0 Å². The molecule has 2 aromatic carbocycles. The summed E-state index contributed by atoms with van der Waals surface area (Å²) >= 11 is 0. The van der Waals surface area contributed by atoms with Gasteiger partial charge in [-0.15, -0.1) is 0 Å². The molecule has 1 nitrogen and oxygen atoms in total. The van der Waals surface area contributed by atoms with E-state index in [-0.39, 0.29) is 11.9 Å². The second-order valence-corrected chi connectivity index (χ2v) is 5.54. The topological polar surface area (TPSA) is 12.0 Å². The summed E-state index contributed by atoms with van der Waals surface area (Å²) in [6.07, 6.45) is 0. The van der Waals surface area contributed by atoms with Crippen molar-refractivity contribution in [2.45, 2.75) is 40.3 Å². The maximum Gasteiger partial charge on any atom is 0.126 e. The van der Waals surface area contributed by atoms with Crippen LogP contribution in [0.15, 0.2) is 36.4 Å². The van der Waals surface area contributed by atoms with E-state index in [0.29, 0.717) is 5.56 Å². The molecule has 1 atom stereocenters. The lowest BCUT2D eigenvalue weighted by Gasteiger charge is -2.16. The zero-order valence-corrected chi connectivity index (χ0v) is 12.6. The summed E-state index contributed by atoms with van der Waals surface area (Å²) in [5, 5.41) is 3.46. The molecule has 0 heterocycles. The van der Waals surface area contributed by atoms with Crippen LogP contribution in [-0.2, 0) is 6.54 Å². The van der Waals surface area contributed by atoms with Crippen molar-refractivity contribution in [2.24, 2.45) is 0 Å². The Balaban J connectivity index is 2.04. The molecule has 106 valence electrons. The molecule has 0 saturated carbocycles. The molecule has 2 aromatic rings. The van der Waals surface area contributed by atoms with Gasteiger partial charge in [-0.05, 0) is 56.0 Å². The number of aryl methyl sites for hydroxylation is 3. The van der Waals surface area contributed by atoms with Crippen molar-refractivity contribution in [3.8, 4) is 0 Å². The summed E-state index contributed by atoms with van der Waals surface area (Å²) in [5.74, 6) is -0.136. The maximum absolute atomic E-state index is 13.6. The van der Waals surface area contributed by atoms with Crippen molar-refractivity contribution in [3.63, 3.8) is 0 Å². The Kier molecular flexibility index (Phi) is 4.56. The smallest absolute Gasteiger partial charge is 0.126 e. The Morgan fingerprint density at radius 3 is 2.40 bits per heavy atom. The third kappa shape index (κ3) is 3.45. The molecule has 0 fully saturated rings. The zero-order valence-electron chi connectivity index (χ0n) is 12.6. The van der Waals surface area contributed by atoms with Gasteiger partial charge in [-0.25, -0.2) is 4.39 Å². The summed E-state index contributed by atoms with van der Waals surface area (Å²) < 4.78 is 13.6. The first-order chi connectivity index (χ1) is 9.47. The SMILES string of the molecule is Cc1ccc(CNC(C)c2ccc(C)c(F)c2)c(C)c1. The first kappa shape index (κ1) is 14.7. The minimum atomic E-state index is -0.136. The minimum absolute atomic E-state index is 0.130. The van der Waals surface area contributed by atoms with Gasteiger partial charge in [0, 0.05) is 12.6 Å². The Morgan fingerprint density at radius 1 is 1.00 bits per heavy atom. The number of halogens is 1. The van der Waals surface area contributed by atoms with Crippen LogP contribution in [0.25, 0.3) is 0 Å². The number of nitrogens with one attached hydrogen (secondary N) is 1. The maximum atomic E-state index is 13.6. The molecule has 0 aliphatic rings. The van der Waals surface area contributed by atoms with E-state index in [1.54, 1.807) is 13.0 Å². The van der Waals surface area contributed by atoms with Crippen LogP contribution >= 0.6 is 0 Å². The number of hydrogen-bond acceptors (Lipinski definition) is 1. The molecule has 2 heteroatoms. The van der Waals surface area contributed by atoms with Crippen molar-refractivity contribution in [2.75, 3.05) is 0 Å². The second-order valence-electron chi connectivity index (χ2n) is 5.54. The molecule has 0 amide bonds. The van der Waals surface area contributed by atoms with E-state index in [0.717, 1.165) is 12.1 Å². The first-order valence-corrected chi connectivity index (χ1v) is 7.03. The largest absolute Gasteiger partial charge is 0.306 e. The summed E-state index contributed by atoms with van der Waals surface area (Å²) in [5.41, 5.74) is 5.53. The predicted molar refractivity (Wildman–Crippen MR) is 82.3 cm³/mol. The van der Waals surface area contributed by atoms with Gasteiger partial charge in [0.25, 0.3) is 0 Å². The van der Waals surface area contributed by atoms with Gasteiger partial charge < -0.3 is 5.32 Å². The normalized spacial score (nSPS) is 12.4. The molecule has 0 radical (unpaired) electrons. The van der Waals surface area contributed by atoms with Crippen LogP contribution in [0.4, 0.5) is 4.39 Å². The van der Waals surface area contributed by atoms with Crippen molar-refractivity contribution >= 4 is 0 Å². The van der Waals surface area contributed by atoms with E-state index >= 15 is 0 Å². The van der Waals surface area contributed by atoms with Gasteiger partial charge in [0.15, 0.2) is 0 Å². The Bertz CT molecular complexity index is 604. The van der Waals surface area contributed by atoms with Crippen LogP contribution in [0, 0.1) is 26.6 Å². The van der Waals surface area contributed by atoms with Gasteiger partial charge in [0.05, 0.1) is 0 Å². The molecule has 0 aliphatic carbocycles. The Hall–Kier alpha value is -1.67. The average Bonchev–Trinajstić information content (AvgIpc) is 2.40. The fourth-order valence-corrected chi connectivity index (χ4v) is 2.30. The van der Waals surface area contributed by atoms with Crippen LogP contribution < -0.4 is 5.32 Å². The molecule has 2 rings (SSSR count). The van der Waals surface area contributed by atoms with Gasteiger partial charge in [-0.2, -0.15) is 0 Å². The Labute approximate surface area is 120 Å². The molecule has 0 bridgehead atoms. The van der Waals surface area contributed by atoms with Gasteiger partial charge in [-0.3, -0.25) is 0 Å². The number of hydrogen-bond donors (Lipinski definition) is 1. The number of benzene rings is 2. The molecule has 1 N–H and O–H groups in total. The highest BCUT2D eigenvalue weighted by molar-refractivity contribution is 5.31. The molecule has 0 aromatic heterocycles. The average molecular weight is 271 g/mol. The highest BCUT2D eigenvalue weighted by Gasteiger charge is 2.08. The lowest BCUT2D eigenvalue weighted by atomic mass is 10.0. The minimum Gasteiger partial charge on any atom is -0.306 e. The summed E-state index contributed by atoms with van der Waals surface area (Å²) in [6, 6.07) is 12.0. The fourth-order valence-electron chi connectivity index (χ4n) is 2.30. The predicted octanol–water partition coefficient (Wildman–Crippen LogP) is 4.60. The zero-order chi connectivity index (χ0) is 14.7. The lowest BCUT2D eigenvalue weighted by Crippen LogP contribution is -2.18. The highest BCUT2D eigenvalue weighted by atomic mass is 19.1. The summed E-state index contributed by atoms with van der Waals surface area (Å²) in [4.78, 5) is 0. The molecular weight excluding hydrogens is 249 g/mol. The van der Waals surface area contributed by atoms with Crippen molar-refractivity contribution in [1.82, 2.24) is 5.32 Å². The molecule has 1 unspecified atom stereocenters. The lowest BCUT2D eigenvalue weighted by molar-refractivity contribution is 0.562. The summed E-state index contributed by atoms with van der Waals surface area (Å²) in [7, 11) is 0. The molecule has 0 spiro atoms. The van der Waals surface area contributed by atoms with E-state index in [9.17, 15) is 4.39 Å². The van der Waals surface area contributed by atoms with Gasteiger partial charge in [0.1, 0.15) is 5.82 Å². The molecular formula is C18H22FN. The van der Waals surface area contributed by atoms with Gasteiger partial charge in [0.2, 0.25) is 0 Å². The highest BCUT2D eigenvalue weighted by Crippen LogP contribution is 2.18. The van der Waals surface area contributed by atoms with Crippen molar-refractivity contribution < 1.29 is 4.39 Å². The quantitative estimate of drug-likeness (QED) is 0.856. The Morgan fingerprint density at radius 2 is 1.75 bits per heavy atom. The van der Waals surface area contributed by atoms with Crippen molar-refractivity contribution in [1.29, 1.82) is 0 Å².